The fraction of sp³-hybridized carbons (Fsp3) is 0.533. The van der Waals surface area contributed by atoms with E-state index in [0.29, 0.717) is 12.3 Å². The molecule has 1 atom stereocenters. The van der Waals surface area contributed by atoms with Crippen molar-refractivity contribution in [3.05, 3.63) is 35.9 Å². The Kier molecular flexibility index (Phi) is 4.76. The molecule has 3 heteroatoms. The van der Waals surface area contributed by atoms with E-state index in [-0.39, 0.29) is 5.91 Å². The maximum atomic E-state index is 11.4. The summed E-state index contributed by atoms with van der Waals surface area (Å²) < 4.78 is 0. The van der Waals surface area contributed by atoms with E-state index in [1.807, 2.05) is 6.92 Å². The van der Waals surface area contributed by atoms with Crippen molar-refractivity contribution in [2.75, 3.05) is 26.2 Å². The Morgan fingerprint density at radius 3 is 2.89 bits per heavy atom. The average Bonchev–Trinajstić information content (AvgIpc) is 2.87. The van der Waals surface area contributed by atoms with E-state index in [1.54, 1.807) is 0 Å². The molecule has 98 valence electrons. The second-order valence-electron chi connectivity index (χ2n) is 4.90. The summed E-state index contributed by atoms with van der Waals surface area (Å²) in [5, 5.41) is 2.85. The predicted molar refractivity (Wildman–Crippen MR) is 73.5 cm³/mol. The quantitative estimate of drug-likeness (QED) is 0.862. The molecule has 1 fully saturated rings. The van der Waals surface area contributed by atoms with Crippen LogP contribution in [0.15, 0.2) is 30.3 Å². The third-order valence-corrected chi connectivity index (χ3v) is 3.57. The molecule has 18 heavy (non-hydrogen) atoms. The molecular weight excluding hydrogens is 224 g/mol. The maximum absolute atomic E-state index is 11.4. The standard InChI is InChI=1S/C15H22N2O/c1-2-16-15(18)9-11-17-10-8-14(12-17)13-6-4-3-5-7-13/h3-7,14H,2,8-12H2,1H3,(H,16,18). The fourth-order valence-electron chi connectivity index (χ4n) is 2.58. The largest absolute Gasteiger partial charge is 0.356 e. The number of hydrogen-bond acceptors (Lipinski definition) is 2. The van der Waals surface area contributed by atoms with Crippen LogP contribution in [0, 0.1) is 0 Å². The molecule has 1 aliphatic rings. The molecule has 1 aromatic carbocycles. The van der Waals surface area contributed by atoms with Crippen LogP contribution >= 0.6 is 0 Å². The lowest BCUT2D eigenvalue weighted by molar-refractivity contribution is -0.121. The Labute approximate surface area is 109 Å². The van der Waals surface area contributed by atoms with E-state index in [4.69, 9.17) is 0 Å². The summed E-state index contributed by atoms with van der Waals surface area (Å²) in [6.07, 6.45) is 1.83. The van der Waals surface area contributed by atoms with Crippen molar-refractivity contribution in [2.45, 2.75) is 25.7 Å². The number of nitrogens with zero attached hydrogens (tertiary/aromatic N) is 1. The summed E-state index contributed by atoms with van der Waals surface area (Å²) in [6.45, 7) is 5.77. The van der Waals surface area contributed by atoms with Crippen LogP contribution < -0.4 is 5.32 Å². The van der Waals surface area contributed by atoms with Gasteiger partial charge in [0.15, 0.2) is 0 Å². The normalized spacial score (nSPS) is 19.9. The lowest BCUT2D eigenvalue weighted by Gasteiger charge is -2.15. The second-order valence-corrected chi connectivity index (χ2v) is 4.90. The van der Waals surface area contributed by atoms with Crippen LogP contribution in [0.2, 0.25) is 0 Å². The van der Waals surface area contributed by atoms with E-state index in [0.717, 1.165) is 26.2 Å². The van der Waals surface area contributed by atoms with Gasteiger partial charge >= 0.3 is 0 Å². The number of carbonyl (C=O) groups excluding carboxylic acids is 1. The van der Waals surface area contributed by atoms with Crippen molar-refractivity contribution in [3.8, 4) is 0 Å². The summed E-state index contributed by atoms with van der Waals surface area (Å²) in [6, 6.07) is 10.7. The first-order valence-electron chi connectivity index (χ1n) is 6.83. The van der Waals surface area contributed by atoms with Crippen LogP contribution in [0.4, 0.5) is 0 Å². The Hall–Kier alpha value is -1.35. The van der Waals surface area contributed by atoms with E-state index < -0.39 is 0 Å². The first-order chi connectivity index (χ1) is 8.79. The molecule has 0 aromatic heterocycles. The van der Waals surface area contributed by atoms with E-state index in [2.05, 4.69) is 40.5 Å². The molecule has 0 radical (unpaired) electrons. The van der Waals surface area contributed by atoms with Crippen LogP contribution in [0.5, 0.6) is 0 Å². The maximum Gasteiger partial charge on any atom is 0.221 e. The molecule has 0 spiro atoms. The van der Waals surface area contributed by atoms with Gasteiger partial charge in [0.1, 0.15) is 0 Å². The molecule has 1 aliphatic heterocycles. The molecule has 1 saturated heterocycles. The fourth-order valence-corrected chi connectivity index (χ4v) is 2.58. The number of hydrogen-bond donors (Lipinski definition) is 1. The molecule has 1 unspecified atom stereocenters. The second kappa shape index (κ2) is 6.55. The molecule has 0 aliphatic carbocycles. The van der Waals surface area contributed by atoms with Gasteiger partial charge in [-0.3, -0.25) is 4.79 Å². The number of nitrogens with one attached hydrogen (secondary N) is 1. The van der Waals surface area contributed by atoms with Gasteiger partial charge in [-0.15, -0.1) is 0 Å². The summed E-state index contributed by atoms with van der Waals surface area (Å²) in [4.78, 5) is 13.8. The highest BCUT2D eigenvalue weighted by Crippen LogP contribution is 2.26. The summed E-state index contributed by atoms with van der Waals surface area (Å²) in [7, 11) is 0. The van der Waals surface area contributed by atoms with E-state index in [9.17, 15) is 4.79 Å². The van der Waals surface area contributed by atoms with Crippen molar-refractivity contribution in [1.29, 1.82) is 0 Å². The van der Waals surface area contributed by atoms with Gasteiger partial charge in [0.25, 0.3) is 0 Å². The van der Waals surface area contributed by atoms with Crippen molar-refractivity contribution >= 4 is 5.91 Å². The number of benzene rings is 1. The van der Waals surface area contributed by atoms with E-state index >= 15 is 0 Å². The van der Waals surface area contributed by atoms with Crippen LogP contribution in [-0.4, -0.2) is 37.0 Å². The number of carbonyl (C=O) groups is 1. The minimum Gasteiger partial charge on any atom is -0.356 e. The Balaban J connectivity index is 1.77. The number of amides is 1. The third kappa shape index (κ3) is 3.57. The van der Waals surface area contributed by atoms with Gasteiger partial charge < -0.3 is 10.2 Å². The summed E-state index contributed by atoms with van der Waals surface area (Å²) in [5.74, 6) is 0.807. The van der Waals surface area contributed by atoms with Crippen molar-refractivity contribution < 1.29 is 4.79 Å². The topological polar surface area (TPSA) is 32.3 Å². The monoisotopic (exact) mass is 246 g/mol. The molecule has 1 amide bonds. The summed E-state index contributed by atoms with van der Waals surface area (Å²) in [5.41, 5.74) is 1.43. The molecule has 2 rings (SSSR count). The van der Waals surface area contributed by atoms with Crippen LogP contribution in [-0.2, 0) is 4.79 Å². The van der Waals surface area contributed by atoms with Gasteiger partial charge in [-0.25, -0.2) is 0 Å². The zero-order valence-electron chi connectivity index (χ0n) is 11.1. The van der Waals surface area contributed by atoms with Crippen LogP contribution in [0.25, 0.3) is 0 Å². The van der Waals surface area contributed by atoms with E-state index in [1.165, 1.54) is 12.0 Å². The predicted octanol–water partition coefficient (Wildman–Crippen LogP) is 2.00. The Bertz CT molecular complexity index is 377. The lowest BCUT2D eigenvalue weighted by Crippen LogP contribution is -2.29. The smallest absolute Gasteiger partial charge is 0.221 e. The van der Waals surface area contributed by atoms with Crippen molar-refractivity contribution in [3.63, 3.8) is 0 Å². The molecule has 1 heterocycles. The van der Waals surface area contributed by atoms with Gasteiger partial charge in [-0.1, -0.05) is 30.3 Å². The van der Waals surface area contributed by atoms with Crippen LogP contribution in [0.1, 0.15) is 31.2 Å². The zero-order chi connectivity index (χ0) is 12.8. The zero-order valence-corrected chi connectivity index (χ0v) is 11.1. The number of rotatable bonds is 5. The minimum atomic E-state index is 0.167. The Morgan fingerprint density at radius 1 is 1.39 bits per heavy atom. The molecule has 3 nitrogen and oxygen atoms in total. The average molecular weight is 246 g/mol. The van der Waals surface area contributed by atoms with Crippen molar-refractivity contribution in [2.24, 2.45) is 0 Å². The van der Waals surface area contributed by atoms with Gasteiger partial charge in [-0.05, 0) is 31.4 Å². The SMILES string of the molecule is CCNC(=O)CCN1CCC(c2ccccc2)C1. The minimum absolute atomic E-state index is 0.167. The first kappa shape index (κ1) is 13.1. The third-order valence-electron chi connectivity index (χ3n) is 3.57. The highest BCUT2D eigenvalue weighted by atomic mass is 16.1. The molecule has 0 bridgehead atoms. The van der Waals surface area contributed by atoms with Gasteiger partial charge in [0.2, 0.25) is 5.91 Å². The van der Waals surface area contributed by atoms with Gasteiger partial charge in [0.05, 0.1) is 0 Å². The summed E-state index contributed by atoms with van der Waals surface area (Å²) >= 11 is 0. The first-order valence-corrected chi connectivity index (χ1v) is 6.83. The molecule has 0 saturated carbocycles. The number of likely N-dealkylation sites (tertiary alicyclic amines) is 1. The highest BCUT2D eigenvalue weighted by molar-refractivity contribution is 5.75. The molecule has 1 N–H and O–H groups in total. The van der Waals surface area contributed by atoms with Gasteiger partial charge in [0, 0.05) is 26.1 Å². The lowest BCUT2D eigenvalue weighted by atomic mass is 9.99. The Morgan fingerprint density at radius 2 is 2.17 bits per heavy atom. The van der Waals surface area contributed by atoms with Crippen molar-refractivity contribution in [1.82, 2.24) is 10.2 Å². The van der Waals surface area contributed by atoms with Gasteiger partial charge in [-0.2, -0.15) is 0 Å². The molecular formula is C15H22N2O. The highest BCUT2D eigenvalue weighted by Gasteiger charge is 2.23. The molecule has 1 aromatic rings. The van der Waals surface area contributed by atoms with Crippen LogP contribution in [0.3, 0.4) is 0 Å².